The lowest BCUT2D eigenvalue weighted by molar-refractivity contribution is -0.0770. The van der Waals surface area contributed by atoms with Crippen molar-refractivity contribution < 1.29 is 18.0 Å². The van der Waals surface area contributed by atoms with Crippen LogP contribution in [0.25, 0.3) is 11.5 Å². The molecule has 21 heavy (non-hydrogen) atoms. The van der Waals surface area contributed by atoms with Crippen molar-refractivity contribution >= 4 is 5.69 Å². The van der Waals surface area contributed by atoms with E-state index in [1.54, 1.807) is 0 Å². The Kier molecular flexibility index (Phi) is 3.36. The van der Waals surface area contributed by atoms with Crippen LogP contribution in [0.3, 0.4) is 0 Å². The molecular formula is C14H15F2N3O2. The van der Waals surface area contributed by atoms with Crippen LogP contribution in [-0.2, 0) is 10.3 Å². The summed E-state index contributed by atoms with van der Waals surface area (Å²) in [5.74, 6) is -1.30. The highest BCUT2D eigenvalue weighted by Gasteiger charge is 2.35. The molecule has 1 aliphatic rings. The second-order valence-corrected chi connectivity index (χ2v) is 5.31. The topological polar surface area (TPSA) is 74.2 Å². The Balaban J connectivity index is 1.97. The average Bonchev–Trinajstić information content (AvgIpc) is 2.94. The molecule has 2 heterocycles. The van der Waals surface area contributed by atoms with Gasteiger partial charge >= 0.3 is 0 Å². The van der Waals surface area contributed by atoms with E-state index >= 15 is 0 Å². The van der Waals surface area contributed by atoms with Gasteiger partial charge in [0.15, 0.2) is 0 Å². The fraction of sp³-hybridized carbons (Fsp3) is 0.429. The molecular weight excluding hydrogens is 280 g/mol. The summed E-state index contributed by atoms with van der Waals surface area (Å²) in [6.07, 6.45) is 2.75. The summed E-state index contributed by atoms with van der Waals surface area (Å²) in [5, 5.41) is 3.87. The summed E-state index contributed by atoms with van der Waals surface area (Å²) in [5.41, 5.74) is 4.61. The number of hydrogen-bond donors (Lipinski definition) is 1. The normalized spacial score (nSPS) is 22.4. The maximum absolute atomic E-state index is 13.8. The van der Waals surface area contributed by atoms with Crippen molar-refractivity contribution in [2.45, 2.75) is 31.8 Å². The van der Waals surface area contributed by atoms with Crippen LogP contribution in [0.2, 0.25) is 0 Å². The zero-order valence-corrected chi connectivity index (χ0v) is 11.5. The zero-order valence-electron chi connectivity index (χ0n) is 11.5. The third-order valence-corrected chi connectivity index (χ3v) is 3.68. The minimum Gasteiger partial charge on any atom is -0.396 e. The Bertz CT molecular complexity index is 666. The van der Waals surface area contributed by atoms with Crippen molar-refractivity contribution in [3.05, 3.63) is 29.6 Å². The Labute approximate surface area is 120 Å². The Morgan fingerprint density at radius 2 is 2.05 bits per heavy atom. The van der Waals surface area contributed by atoms with Gasteiger partial charge in [-0.15, -0.1) is 0 Å². The van der Waals surface area contributed by atoms with Crippen LogP contribution in [0.15, 0.2) is 16.7 Å². The number of nitrogen functional groups attached to an aromatic ring is 1. The summed E-state index contributed by atoms with van der Waals surface area (Å²) >= 11 is 0. The van der Waals surface area contributed by atoms with Gasteiger partial charge in [0, 0.05) is 12.7 Å². The van der Waals surface area contributed by atoms with Gasteiger partial charge in [-0.1, -0.05) is 5.16 Å². The maximum atomic E-state index is 13.8. The molecule has 1 atom stereocenters. The van der Waals surface area contributed by atoms with E-state index in [0.29, 0.717) is 18.5 Å². The quantitative estimate of drug-likeness (QED) is 0.862. The first-order chi connectivity index (χ1) is 9.99. The minimum absolute atomic E-state index is 0.0212. The first-order valence-corrected chi connectivity index (χ1v) is 6.73. The number of anilines is 1. The van der Waals surface area contributed by atoms with Gasteiger partial charge in [0.1, 0.15) is 17.2 Å². The number of aromatic nitrogens is 2. The molecule has 3 rings (SSSR count). The first-order valence-electron chi connectivity index (χ1n) is 6.73. The fourth-order valence-electron chi connectivity index (χ4n) is 2.39. The van der Waals surface area contributed by atoms with Crippen molar-refractivity contribution in [3.63, 3.8) is 0 Å². The Morgan fingerprint density at radius 3 is 2.76 bits per heavy atom. The van der Waals surface area contributed by atoms with Crippen LogP contribution >= 0.6 is 0 Å². The Hall–Kier alpha value is -2.02. The van der Waals surface area contributed by atoms with E-state index in [2.05, 4.69) is 10.1 Å². The molecule has 1 aliphatic heterocycles. The lowest BCUT2D eigenvalue weighted by atomic mass is 9.95. The number of benzene rings is 1. The highest BCUT2D eigenvalue weighted by atomic mass is 19.1. The number of halogens is 2. The molecule has 0 bridgehead atoms. The highest BCUT2D eigenvalue weighted by Crippen LogP contribution is 2.34. The maximum Gasteiger partial charge on any atom is 0.261 e. The molecule has 0 saturated carbocycles. The number of ether oxygens (including phenoxy) is 1. The van der Waals surface area contributed by atoms with E-state index in [0.717, 1.165) is 25.3 Å². The van der Waals surface area contributed by atoms with Gasteiger partial charge in [-0.3, -0.25) is 0 Å². The second kappa shape index (κ2) is 5.07. The van der Waals surface area contributed by atoms with E-state index in [-0.39, 0.29) is 17.1 Å². The Morgan fingerprint density at radius 1 is 1.24 bits per heavy atom. The van der Waals surface area contributed by atoms with E-state index in [1.807, 2.05) is 6.92 Å². The largest absolute Gasteiger partial charge is 0.396 e. The van der Waals surface area contributed by atoms with Crippen LogP contribution in [0.1, 0.15) is 32.0 Å². The van der Waals surface area contributed by atoms with Crippen LogP contribution in [0.4, 0.5) is 14.5 Å². The van der Waals surface area contributed by atoms with Gasteiger partial charge in [0.2, 0.25) is 5.82 Å². The molecule has 7 heteroatoms. The number of hydrogen-bond acceptors (Lipinski definition) is 5. The lowest BCUT2D eigenvalue weighted by Gasteiger charge is -2.30. The molecule has 1 fully saturated rings. The monoisotopic (exact) mass is 295 g/mol. The van der Waals surface area contributed by atoms with Gasteiger partial charge in [-0.05, 0) is 32.3 Å². The molecule has 1 aromatic heterocycles. The first kappa shape index (κ1) is 13.9. The van der Waals surface area contributed by atoms with Crippen molar-refractivity contribution in [2.24, 2.45) is 0 Å². The predicted octanol–water partition coefficient (Wildman–Crippen LogP) is 3.01. The highest BCUT2D eigenvalue weighted by molar-refractivity contribution is 5.61. The van der Waals surface area contributed by atoms with Gasteiger partial charge in [0.05, 0.1) is 11.3 Å². The summed E-state index contributed by atoms with van der Waals surface area (Å²) in [4.78, 5) is 4.19. The van der Waals surface area contributed by atoms with Crippen molar-refractivity contribution in [1.82, 2.24) is 10.1 Å². The van der Waals surface area contributed by atoms with Gasteiger partial charge < -0.3 is 15.0 Å². The number of nitrogens with zero attached hydrogens (tertiary/aromatic N) is 2. The molecule has 0 amide bonds. The van der Waals surface area contributed by atoms with Crippen LogP contribution in [-0.4, -0.2) is 16.7 Å². The van der Waals surface area contributed by atoms with Crippen LogP contribution in [0.5, 0.6) is 0 Å². The minimum atomic E-state index is -0.821. The lowest BCUT2D eigenvalue weighted by Crippen LogP contribution is -2.31. The zero-order chi connectivity index (χ0) is 15.0. The van der Waals surface area contributed by atoms with E-state index in [4.69, 9.17) is 15.0 Å². The summed E-state index contributed by atoms with van der Waals surface area (Å²) in [6, 6.07) is 1.85. The molecule has 0 aliphatic carbocycles. The third-order valence-electron chi connectivity index (χ3n) is 3.68. The van der Waals surface area contributed by atoms with Crippen molar-refractivity contribution in [2.75, 3.05) is 12.3 Å². The van der Waals surface area contributed by atoms with E-state index < -0.39 is 17.2 Å². The molecule has 2 N–H and O–H groups in total. The standard InChI is InChI=1S/C14H15F2N3O2/c1-14(4-2-3-5-20-14)13-18-12(21-19-13)8-6-11(17)10(16)7-9(8)15/h6-7H,2-5,17H2,1H3. The fourth-order valence-corrected chi connectivity index (χ4v) is 2.39. The van der Waals surface area contributed by atoms with Gasteiger partial charge in [-0.25, -0.2) is 8.78 Å². The average molecular weight is 295 g/mol. The van der Waals surface area contributed by atoms with E-state index in [9.17, 15) is 8.78 Å². The molecule has 2 aromatic rings. The van der Waals surface area contributed by atoms with Crippen molar-refractivity contribution in [1.29, 1.82) is 0 Å². The second-order valence-electron chi connectivity index (χ2n) is 5.31. The summed E-state index contributed by atoms with van der Waals surface area (Å²) in [7, 11) is 0. The van der Waals surface area contributed by atoms with Crippen LogP contribution < -0.4 is 5.73 Å². The molecule has 1 saturated heterocycles. The van der Waals surface area contributed by atoms with Crippen molar-refractivity contribution in [3.8, 4) is 11.5 Å². The number of nitrogens with two attached hydrogens (primary N) is 1. The molecule has 0 spiro atoms. The molecule has 0 radical (unpaired) electrons. The third kappa shape index (κ3) is 2.49. The molecule has 1 unspecified atom stereocenters. The summed E-state index contributed by atoms with van der Waals surface area (Å²) < 4.78 is 37.8. The number of rotatable bonds is 2. The van der Waals surface area contributed by atoms with Crippen LogP contribution in [0, 0.1) is 11.6 Å². The van der Waals surface area contributed by atoms with E-state index in [1.165, 1.54) is 0 Å². The molecule has 112 valence electrons. The van der Waals surface area contributed by atoms with Gasteiger partial charge in [0.25, 0.3) is 5.89 Å². The molecule has 1 aromatic carbocycles. The SMILES string of the molecule is CC1(c2noc(-c3cc(N)c(F)cc3F)n2)CCCCO1. The smallest absolute Gasteiger partial charge is 0.261 e. The van der Waals surface area contributed by atoms with Gasteiger partial charge in [-0.2, -0.15) is 4.98 Å². The molecule has 5 nitrogen and oxygen atoms in total. The predicted molar refractivity (Wildman–Crippen MR) is 71.2 cm³/mol. The summed E-state index contributed by atoms with van der Waals surface area (Å²) in [6.45, 7) is 2.49.